The third-order valence-electron chi connectivity index (χ3n) is 2.58. The second-order valence-electron chi connectivity index (χ2n) is 5.71. The van der Waals surface area contributed by atoms with Crippen LogP contribution in [0.1, 0.15) is 32.0 Å². The van der Waals surface area contributed by atoms with E-state index < -0.39 is 0 Å². The molecule has 2 aromatic rings. The predicted octanol–water partition coefficient (Wildman–Crippen LogP) is 3.56. The van der Waals surface area contributed by atoms with Gasteiger partial charge in [-0.25, -0.2) is 4.98 Å². The quantitative estimate of drug-likeness (QED) is 0.894. The van der Waals surface area contributed by atoms with Gasteiger partial charge in [0, 0.05) is 40.1 Å². The van der Waals surface area contributed by atoms with E-state index in [0.717, 1.165) is 15.7 Å². The number of nitrogens with zero attached hydrogens (tertiary/aromatic N) is 2. The van der Waals surface area contributed by atoms with Crippen LogP contribution in [0, 0.1) is 6.92 Å². The summed E-state index contributed by atoms with van der Waals surface area (Å²) >= 11 is 3.44. The van der Waals surface area contributed by atoms with Crippen LogP contribution in [0.4, 0.5) is 0 Å². The Balaban J connectivity index is 2.19. The molecule has 0 saturated heterocycles. The Morgan fingerprint density at radius 2 is 2.10 bits per heavy atom. The molecular formula is C14H19BrN4O. The summed E-state index contributed by atoms with van der Waals surface area (Å²) in [7, 11) is 0. The van der Waals surface area contributed by atoms with Crippen molar-refractivity contribution in [1.29, 1.82) is 0 Å². The highest BCUT2D eigenvalue weighted by molar-refractivity contribution is 9.10. The summed E-state index contributed by atoms with van der Waals surface area (Å²) in [4.78, 5) is 4.32. The van der Waals surface area contributed by atoms with Crippen molar-refractivity contribution >= 4 is 15.9 Å². The van der Waals surface area contributed by atoms with E-state index >= 15 is 0 Å². The SMILES string of the molecule is Cc1cc(Oc2ncc(Br)cc2CNC(C)(C)C)n[nH]1. The van der Waals surface area contributed by atoms with Crippen molar-refractivity contribution in [1.82, 2.24) is 20.5 Å². The predicted molar refractivity (Wildman–Crippen MR) is 81.9 cm³/mol. The summed E-state index contributed by atoms with van der Waals surface area (Å²) in [6, 6.07) is 3.84. The average molecular weight is 339 g/mol. The van der Waals surface area contributed by atoms with E-state index in [1.807, 2.05) is 19.1 Å². The molecule has 0 bridgehead atoms. The zero-order valence-corrected chi connectivity index (χ0v) is 13.7. The fourth-order valence-electron chi connectivity index (χ4n) is 1.59. The Labute approximate surface area is 127 Å². The van der Waals surface area contributed by atoms with Gasteiger partial charge in [0.1, 0.15) is 0 Å². The van der Waals surface area contributed by atoms with Gasteiger partial charge in [-0.05, 0) is 49.7 Å². The first-order valence-corrected chi connectivity index (χ1v) is 7.22. The minimum atomic E-state index is 0.0303. The van der Waals surface area contributed by atoms with Crippen LogP contribution in [0.5, 0.6) is 11.8 Å². The maximum absolute atomic E-state index is 5.74. The Morgan fingerprint density at radius 3 is 2.70 bits per heavy atom. The molecule has 2 aromatic heterocycles. The summed E-state index contributed by atoms with van der Waals surface area (Å²) in [5, 5.41) is 10.3. The van der Waals surface area contributed by atoms with E-state index in [4.69, 9.17) is 4.74 Å². The van der Waals surface area contributed by atoms with Gasteiger partial charge in [-0.3, -0.25) is 5.10 Å². The van der Waals surface area contributed by atoms with Gasteiger partial charge in [-0.1, -0.05) is 0 Å². The maximum Gasteiger partial charge on any atom is 0.240 e. The molecule has 0 spiro atoms. The fourth-order valence-corrected chi connectivity index (χ4v) is 1.97. The highest BCUT2D eigenvalue weighted by Crippen LogP contribution is 2.25. The van der Waals surface area contributed by atoms with Crippen molar-refractivity contribution in [2.75, 3.05) is 0 Å². The highest BCUT2D eigenvalue weighted by Gasteiger charge is 2.13. The van der Waals surface area contributed by atoms with Crippen molar-refractivity contribution in [2.24, 2.45) is 0 Å². The van der Waals surface area contributed by atoms with E-state index in [1.165, 1.54) is 0 Å². The molecule has 0 aliphatic heterocycles. The number of hydrogen-bond donors (Lipinski definition) is 2. The van der Waals surface area contributed by atoms with Gasteiger partial charge < -0.3 is 10.1 Å². The number of halogens is 1. The van der Waals surface area contributed by atoms with Gasteiger partial charge in [0.25, 0.3) is 0 Å². The highest BCUT2D eigenvalue weighted by atomic mass is 79.9. The zero-order chi connectivity index (χ0) is 14.8. The van der Waals surface area contributed by atoms with Crippen molar-refractivity contribution < 1.29 is 4.74 Å². The van der Waals surface area contributed by atoms with Gasteiger partial charge in [0.2, 0.25) is 11.8 Å². The third kappa shape index (κ3) is 4.31. The first-order valence-electron chi connectivity index (χ1n) is 6.43. The van der Waals surface area contributed by atoms with Crippen molar-refractivity contribution in [2.45, 2.75) is 39.8 Å². The van der Waals surface area contributed by atoms with Crippen LogP contribution in [0.3, 0.4) is 0 Å². The molecule has 20 heavy (non-hydrogen) atoms. The smallest absolute Gasteiger partial charge is 0.240 e. The normalized spacial score (nSPS) is 11.7. The van der Waals surface area contributed by atoms with Crippen LogP contribution >= 0.6 is 15.9 Å². The molecule has 2 heterocycles. The van der Waals surface area contributed by atoms with Gasteiger partial charge in [-0.15, -0.1) is 5.10 Å². The molecule has 0 fully saturated rings. The number of aryl methyl sites for hydroxylation is 1. The molecule has 0 unspecified atom stereocenters. The van der Waals surface area contributed by atoms with Crippen molar-refractivity contribution in [3.8, 4) is 11.8 Å². The van der Waals surface area contributed by atoms with E-state index in [-0.39, 0.29) is 5.54 Å². The number of H-pyrrole nitrogens is 1. The van der Waals surface area contributed by atoms with Gasteiger partial charge in [0.05, 0.1) is 0 Å². The number of pyridine rings is 1. The zero-order valence-electron chi connectivity index (χ0n) is 12.1. The molecule has 0 atom stereocenters. The molecule has 2 N–H and O–H groups in total. The van der Waals surface area contributed by atoms with Crippen LogP contribution in [0.25, 0.3) is 0 Å². The topological polar surface area (TPSA) is 62.8 Å². The fraction of sp³-hybridized carbons (Fsp3) is 0.429. The largest absolute Gasteiger partial charge is 0.419 e. The molecule has 0 aliphatic rings. The van der Waals surface area contributed by atoms with Crippen LogP contribution in [0.15, 0.2) is 22.8 Å². The van der Waals surface area contributed by atoms with Crippen LogP contribution in [-0.4, -0.2) is 20.7 Å². The van der Waals surface area contributed by atoms with Crippen LogP contribution in [-0.2, 0) is 6.54 Å². The molecule has 0 aliphatic carbocycles. The average Bonchev–Trinajstić information content (AvgIpc) is 2.74. The van der Waals surface area contributed by atoms with E-state index in [9.17, 15) is 0 Å². The summed E-state index contributed by atoms with van der Waals surface area (Å²) in [6.45, 7) is 8.97. The second-order valence-corrected chi connectivity index (χ2v) is 6.63. The minimum absolute atomic E-state index is 0.0303. The second kappa shape index (κ2) is 5.93. The molecule has 6 heteroatoms. The number of aromatic nitrogens is 3. The van der Waals surface area contributed by atoms with Crippen molar-refractivity contribution in [3.63, 3.8) is 0 Å². The summed E-state index contributed by atoms with van der Waals surface area (Å²) < 4.78 is 6.66. The lowest BCUT2D eigenvalue weighted by molar-refractivity contribution is 0.404. The minimum Gasteiger partial charge on any atom is -0.419 e. The van der Waals surface area contributed by atoms with E-state index in [0.29, 0.717) is 18.3 Å². The van der Waals surface area contributed by atoms with E-state index in [2.05, 4.69) is 57.2 Å². The summed E-state index contributed by atoms with van der Waals surface area (Å²) in [5.74, 6) is 1.09. The first kappa shape index (κ1) is 15.0. The van der Waals surface area contributed by atoms with Crippen LogP contribution in [0.2, 0.25) is 0 Å². The maximum atomic E-state index is 5.74. The standard InChI is InChI=1S/C14H19BrN4O/c1-9-5-12(19-18-9)20-13-10(6-11(15)8-16-13)7-17-14(2,3)4/h5-6,8,17H,7H2,1-4H3,(H,18,19). The number of nitrogens with one attached hydrogen (secondary N) is 2. The number of aromatic amines is 1. The molecule has 0 saturated carbocycles. The van der Waals surface area contributed by atoms with Crippen LogP contribution < -0.4 is 10.1 Å². The molecule has 0 radical (unpaired) electrons. The van der Waals surface area contributed by atoms with Gasteiger partial charge >= 0.3 is 0 Å². The monoisotopic (exact) mass is 338 g/mol. The third-order valence-corrected chi connectivity index (χ3v) is 3.02. The lowest BCUT2D eigenvalue weighted by atomic mass is 10.1. The Bertz CT molecular complexity index is 589. The number of ether oxygens (including phenoxy) is 1. The van der Waals surface area contributed by atoms with Crippen molar-refractivity contribution in [3.05, 3.63) is 34.1 Å². The molecule has 0 amide bonds. The van der Waals surface area contributed by atoms with Gasteiger partial charge in [0.15, 0.2) is 0 Å². The van der Waals surface area contributed by atoms with Gasteiger partial charge in [-0.2, -0.15) is 0 Å². The Kier molecular flexibility index (Phi) is 4.45. The Morgan fingerprint density at radius 1 is 1.35 bits per heavy atom. The number of rotatable bonds is 4. The number of hydrogen-bond acceptors (Lipinski definition) is 4. The molecule has 108 valence electrons. The first-order chi connectivity index (χ1) is 9.33. The molecule has 2 rings (SSSR count). The Hall–Kier alpha value is -1.40. The van der Waals surface area contributed by atoms with E-state index in [1.54, 1.807) is 6.20 Å². The molecular weight excluding hydrogens is 320 g/mol. The molecule has 5 nitrogen and oxygen atoms in total. The summed E-state index contributed by atoms with van der Waals surface area (Å²) in [5.41, 5.74) is 1.96. The summed E-state index contributed by atoms with van der Waals surface area (Å²) in [6.07, 6.45) is 1.72. The lowest BCUT2D eigenvalue weighted by Gasteiger charge is -2.21. The lowest BCUT2D eigenvalue weighted by Crippen LogP contribution is -2.35. The molecule has 0 aromatic carbocycles.